The van der Waals surface area contributed by atoms with Crippen molar-refractivity contribution in [3.63, 3.8) is 0 Å². The Bertz CT molecular complexity index is 608. The molecule has 1 aromatic carbocycles. The Hall–Kier alpha value is -1.59. The van der Waals surface area contributed by atoms with Crippen molar-refractivity contribution < 1.29 is 9.90 Å². The minimum Gasteiger partial charge on any atom is -0.505 e. The van der Waals surface area contributed by atoms with Crippen LogP contribution in [-0.4, -0.2) is 15.8 Å². The van der Waals surface area contributed by atoms with E-state index in [2.05, 4.69) is 0 Å². The maximum Gasteiger partial charge on any atom is 0.219 e. The minimum absolute atomic E-state index is 0.0179. The van der Waals surface area contributed by atoms with Crippen molar-refractivity contribution in [3.8, 4) is 0 Å². The van der Waals surface area contributed by atoms with E-state index in [0.29, 0.717) is 16.8 Å². The molecule has 5 N–H and O–H groups in total. The van der Waals surface area contributed by atoms with Gasteiger partial charge in [0.05, 0.1) is 10.4 Å². The molecular formula is C11H9ClN2O2S. The number of ketones is 1. The normalized spacial score (nSPS) is 15.2. The molecule has 0 aromatic heterocycles. The molecule has 0 aliphatic heterocycles. The van der Waals surface area contributed by atoms with Gasteiger partial charge in [-0.1, -0.05) is 23.8 Å². The summed E-state index contributed by atoms with van der Waals surface area (Å²) in [6.07, 6.45) is 0. The summed E-state index contributed by atoms with van der Waals surface area (Å²) >= 11 is 10.7. The number of anilines is 2. The Kier molecular flexibility index (Phi) is 2.60. The second-order valence-corrected chi connectivity index (χ2v) is 4.55. The lowest BCUT2D eigenvalue weighted by Crippen LogP contribution is -2.24. The molecule has 17 heavy (non-hydrogen) atoms. The van der Waals surface area contributed by atoms with Crippen LogP contribution in [0.5, 0.6) is 0 Å². The number of rotatable bonds is 0. The van der Waals surface area contributed by atoms with Crippen LogP contribution in [0.15, 0.2) is 11.1 Å². The lowest BCUT2D eigenvalue weighted by molar-refractivity contribution is -0.109. The van der Waals surface area contributed by atoms with Crippen molar-refractivity contribution in [2.45, 2.75) is 6.92 Å². The first kappa shape index (κ1) is 11.9. The van der Waals surface area contributed by atoms with Crippen LogP contribution < -0.4 is 11.5 Å². The highest BCUT2D eigenvalue weighted by atomic mass is 35.5. The molecule has 0 heterocycles. The predicted octanol–water partition coefficient (Wildman–Crippen LogP) is 1.93. The number of carbonyl (C=O) groups is 1. The monoisotopic (exact) mass is 268 g/mol. The third-order valence-electron chi connectivity index (χ3n) is 2.68. The summed E-state index contributed by atoms with van der Waals surface area (Å²) in [4.78, 5) is 11.7. The van der Waals surface area contributed by atoms with Crippen LogP contribution in [0.25, 0.3) is 5.76 Å². The fraction of sp³-hybridized carbons (Fsp3) is 0.0909. The first-order chi connectivity index (χ1) is 7.86. The maximum atomic E-state index is 11.7. The highest BCUT2D eigenvalue weighted by molar-refractivity contribution is 7.82. The SMILES string of the molecule is Cc1cc(N)c2c(c1N)C(=S)C(=O)C(Cl)=C2O. The van der Waals surface area contributed by atoms with Gasteiger partial charge in [-0.25, -0.2) is 0 Å². The first-order valence-electron chi connectivity index (χ1n) is 4.73. The quantitative estimate of drug-likeness (QED) is 0.494. The molecule has 2 rings (SSSR count). The Morgan fingerprint density at radius 2 is 1.94 bits per heavy atom. The van der Waals surface area contributed by atoms with E-state index in [4.69, 9.17) is 35.3 Å². The van der Waals surface area contributed by atoms with Crippen molar-refractivity contribution in [1.82, 2.24) is 0 Å². The number of aliphatic hydroxyl groups excluding tert-OH is 1. The van der Waals surface area contributed by atoms with Gasteiger partial charge in [0.2, 0.25) is 5.78 Å². The molecule has 0 fully saturated rings. The Labute approximate surface area is 108 Å². The zero-order chi connectivity index (χ0) is 12.9. The summed E-state index contributed by atoms with van der Waals surface area (Å²) in [6.45, 7) is 1.75. The molecule has 0 amide bonds. The maximum absolute atomic E-state index is 11.7. The fourth-order valence-electron chi connectivity index (χ4n) is 1.78. The van der Waals surface area contributed by atoms with Crippen LogP contribution in [0.4, 0.5) is 11.4 Å². The summed E-state index contributed by atoms with van der Waals surface area (Å²) in [5, 5.41) is 9.52. The number of allylic oxidation sites excluding steroid dienone is 1. The summed E-state index contributed by atoms with van der Waals surface area (Å²) in [7, 11) is 0. The average molecular weight is 269 g/mol. The number of fused-ring (bicyclic) bond motifs is 1. The van der Waals surface area contributed by atoms with Crippen molar-refractivity contribution >= 4 is 51.6 Å². The largest absolute Gasteiger partial charge is 0.505 e. The highest BCUT2D eigenvalue weighted by Crippen LogP contribution is 2.38. The summed E-state index contributed by atoms with van der Waals surface area (Å²) in [5.41, 5.74) is 13.5. The Balaban J connectivity index is 2.95. The zero-order valence-electron chi connectivity index (χ0n) is 8.87. The van der Waals surface area contributed by atoms with Gasteiger partial charge in [-0.2, -0.15) is 0 Å². The number of nitrogens with two attached hydrogens (primary N) is 2. The van der Waals surface area contributed by atoms with E-state index in [1.807, 2.05) is 0 Å². The molecule has 0 atom stereocenters. The van der Waals surface area contributed by atoms with E-state index >= 15 is 0 Å². The van der Waals surface area contributed by atoms with Crippen molar-refractivity contribution in [2.75, 3.05) is 11.5 Å². The summed E-state index contributed by atoms with van der Waals surface area (Å²) in [6, 6.07) is 1.60. The number of Topliss-reactive ketones (excluding diaryl/α,β-unsaturated/α-hetero) is 1. The predicted molar refractivity (Wildman–Crippen MR) is 72.1 cm³/mol. The smallest absolute Gasteiger partial charge is 0.219 e. The van der Waals surface area contributed by atoms with Crippen molar-refractivity contribution in [3.05, 3.63) is 27.8 Å². The average Bonchev–Trinajstić information content (AvgIpc) is 2.28. The van der Waals surface area contributed by atoms with Crippen LogP contribution >= 0.6 is 23.8 Å². The number of aliphatic hydroxyl groups is 1. The zero-order valence-corrected chi connectivity index (χ0v) is 10.4. The Morgan fingerprint density at radius 3 is 2.53 bits per heavy atom. The van der Waals surface area contributed by atoms with E-state index in [1.165, 1.54) is 0 Å². The van der Waals surface area contributed by atoms with Gasteiger partial charge in [0, 0.05) is 16.9 Å². The van der Waals surface area contributed by atoms with E-state index < -0.39 is 5.78 Å². The van der Waals surface area contributed by atoms with Crippen molar-refractivity contribution in [1.29, 1.82) is 0 Å². The molecule has 0 unspecified atom stereocenters. The van der Waals surface area contributed by atoms with Crippen LogP contribution in [-0.2, 0) is 4.79 Å². The second kappa shape index (κ2) is 3.72. The fourth-order valence-corrected chi connectivity index (χ4v) is 2.34. The molecule has 1 aliphatic rings. The molecule has 0 spiro atoms. The van der Waals surface area contributed by atoms with Gasteiger partial charge in [0.1, 0.15) is 10.8 Å². The molecule has 1 aliphatic carbocycles. The summed E-state index contributed by atoms with van der Waals surface area (Å²) < 4.78 is 0. The van der Waals surface area contributed by atoms with Crippen LogP contribution in [0.3, 0.4) is 0 Å². The van der Waals surface area contributed by atoms with Crippen molar-refractivity contribution in [2.24, 2.45) is 0 Å². The van der Waals surface area contributed by atoms with E-state index in [-0.39, 0.29) is 26.9 Å². The molecule has 0 radical (unpaired) electrons. The second-order valence-electron chi connectivity index (χ2n) is 3.77. The van der Waals surface area contributed by atoms with Crippen LogP contribution in [0, 0.1) is 6.92 Å². The van der Waals surface area contributed by atoms with Gasteiger partial charge >= 0.3 is 0 Å². The lowest BCUT2D eigenvalue weighted by Gasteiger charge is -2.21. The number of thiocarbonyl (C=S) groups is 1. The van der Waals surface area contributed by atoms with E-state index in [0.717, 1.165) is 0 Å². The van der Waals surface area contributed by atoms with Gasteiger partial charge in [0.25, 0.3) is 0 Å². The molecule has 6 heteroatoms. The lowest BCUT2D eigenvalue weighted by atomic mass is 9.90. The van der Waals surface area contributed by atoms with Gasteiger partial charge in [0.15, 0.2) is 0 Å². The first-order valence-corrected chi connectivity index (χ1v) is 5.51. The van der Waals surface area contributed by atoms with Gasteiger partial charge in [-0.05, 0) is 18.6 Å². The molecule has 0 bridgehead atoms. The third-order valence-corrected chi connectivity index (χ3v) is 3.42. The minimum atomic E-state index is -0.608. The van der Waals surface area contributed by atoms with Gasteiger partial charge in [-0.3, -0.25) is 4.79 Å². The number of hydrogen-bond acceptors (Lipinski definition) is 5. The molecular weight excluding hydrogens is 260 g/mol. The molecule has 1 aromatic rings. The number of benzene rings is 1. The van der Waals surface area contributed by atoms with Gasteiger partial charge < -0.3 is 16.6 Å². The Morgan fingerprint density at radius 1 is 1.35 bits per heavy atom. The summed E-state index contributed by atoms with van der Waals surface area (Å²) in [5.74, 6) is -0.979. The van der Waals surface area contributed by atoms with E-state index in [1.54, 1.807) is 13.0 Å². The number of hydrogen-bond donors (Lipinski definition) is 3. The highest BCUT2D eigenvalue weighted by Gasteiger charge is 2.32. The van der Waals surface area contributed by atoms with Crippen LogP contribution in [0.2, 0.25) is 0 Å². The number of carbonyl (C=O) groups excluding carboxylic acids is 1. The number of aryl methyl sites for hydroxylation is 1. The topological polar surface area (TPSA) is 89.3 Å². The third kappa shape index (κ3) is 1.50. The number of halogens is 1. The molecule has 0 saturated heterocycles. The molecule has 88 valence electrons. The molecule has 4 nitrogen and oxygen atoms in total. The van der Waals surface area contributed by atoms with E-state index in [9.17, 15) is 9.90 Å². The molecule has 0 saturated carbocycles. The van der Waals surface area contributed by atoms with Gasteiger partial charge in [-0.15, -0.1) is 0 Å². The number of nitrogen functional groups attached to an aromatic ring is 2. The van der Waals surface area contributed by atoms with Crippen LogP contribution in [0.1, 0.15) is 16.7 Å². The standard InChI is InChI=1S/C11H9ClN2O2S/c1-3-2-4(13)5-6(8(3)14)11(17)10(16)7(12)9(5)15/h2,15H,13-14H2,1H3.